The highest BCUT2D eigenvalue weighted by Crippen LogP contribution is 2.32. The second-order valence-electron chi connectivity index (χ2n) is 5.18. The van der Waals surface area contributed by atoms with Crippen molar-refractivity contribution in [3.05, 3.63) is 28.0 Å². The molecule has 2 rings (SSSR count). The Labute approximate surface area is 132 Å². The van der Waals surface area contributed by atoms with Crippen molar-refractivity contribution in [2.75, 3.05) is 31.1 Å². The zero-order valence-corrected chi connectivity index (χ0v) is 13.9. The van der Waals surface area contributed by atoms with Gasteiger partial charge in [0.25, 0.3) is 0 Å². The lowest BCUT2D eigenvalue weighted by molar-refractivity contribution is 0.0695. The van der Waals surface area contributed by atoms with Crippen molar-refractivity contribution in [3.63, 3.8) is 0 Å². The van der Waals surface area contributed by atoms with Crippen LogP contribution in [0.2, 0.25) is 0 Å². The van der Waals surface area contributed by atoms with Gasteiger partial charge in [0.1, 0.15) is 0 Å². The van der Waals surface area contributed by atoms with Crippen LogP contribution in [0.3, 0.4) is 0 Å². The Balaban J connectivity index is 2.21. The average Bonchev–Trinajstić information content (AvgIpc) is 2.92. The molecule has 1 unspecified atom stereocenters. The lowest BCUT2D eigenvalue weighted by atomic mass is 10.2. The Morgan fingerprint density at radius 3 is 2.71 bits per heavy atom. The lowest BCUT2D eigenvalue weighted by Gasteiger charge is -2.27. The van der Waals surface area contributed by atoms with Crippen LogP contribution in [0.25, 0.3) is 0 Å². The van der Waals surface area contributed by atoms with Crippen molar-refractivity contribution >= 4 is 27.6 Å². The molecule has 0 amide bonds. The summed E-state index contributed by atoms with van der Waals surface area (Å²) in [5.74, 6) is -1.62. The van der Waals surface area contributed by atoms with E-state index in [-0.39, 0.29) is 10.0 Å². The monoisotopic (exact) mass is 358 g/mol. The minimum Gasteiger partial charge on any atom is -0.478 e. The summed E-state index contributed by atoms with van der Waals surface area (Å²) in [5, 5.41) is 9.01. The van der Waals surface area contributed by atoms with Crippen molar-refractivity contribution in [1.29, 1.82) is 0 Å². The van der Waals surface area contributed by atoms with Gasteiger partial charge in [0.15, 0.2) is 5.82 Å². The summed E-state index contributed by atoms with van der Waals surface area (Å²) >= 11 is 3.06. The first kappa shape index (κ1) is 16.2. The molecule has 1 aromatic rings. The minimum atomic E-state index is -1.13. The predicted octanol–water partition coefficient (Wildman–Crippen LogP) is 3.21. The van der Waals surface area contributed by atoms with E-state index in [1.165, 1.54) is 6.07 Å². The summed E-state index contributed by atoms with van der Waals surface area (Å²) in [4.78, 5) is 15.4. The molecule has 6 heteroatoms. The van der Waals surface area contributed by atoms with E-state index in [1.54, 1.807) is 6.07 Å². The predicted molar refractivity (Wildman–Crippen MR) is 84.6 cm³/mol. The average molecular weight is 359 g/mol. The van der Waals surface area contributed by atoms with E-state index in [0.717, 1.165) is 32.6 Å². The molecule has 0 aliphatic carbocycles. The summed E-state index contributed by atoms with van der Waals surface area (Å²) < 4.78 is 14.4. The van der Waals surface area contributed by atoms with Crippen molar-refractivity contribution in [1.82, 2.24) is 4.90 Å². The number of hydrogen-bond donors (Lipinski definition) is 1. The third-order valence-corrected chi connectivity index (χ3v) is 4.90. The molecule has 0 spiro atoms. The molecule has 1 atom stereocenters. The molecule has 1 aliphatic rings. The van der Waals surface area contributed by atoms with Crippen molar-refractivity contribution in [2.45, 2.75) is 26.3 Å². The zero-order valence-electron chi connectivity index (χ0n) is 12.3. The molecule has 4 nitrogen and oxygen atoms in total. The summed E-state index contributed by atoms with van der Waals surface area (Å²) in [6.07, 6.45) is 0.999. The van der Waals surface area contributed by atoms with Crippen LogP contribution in [0, 0.1) is 5.82 Å². The van der Waals surface area contributed by atoms with Gasteiger partial charge in [-0.15, -0.1) is 0 Å². The highest BCUT2D eigenvalue weighted by atomic mass is 79.9. The molecule has 116 valence electrons. The van der Waals surface area contributed by atoms with Crippen LogP contribution in [0.5, 0.6) is 0 Å². The van der Waals surface area contributed by atoms with E-state index < -0.39 is 11.8 Å². The van der Waals surface area contributed by atoms with Crippen LogP contribution in [-0.2, 0) is 0 Å². The van der Waals surface area contributed by atoms with E-state index >= 15 is 0 Å². The van der Waals surface area contributed by atoms with Crippen LogP contribution < -0.4 is 4.90 Å². The number of rotatable bonds is 5. The number of halogens is 2. The van der Waals surface area contributed by atoms with Gasteiger partial charge in [0.2, 0.25) is 0 Å². The van der Waals surface area contributed by atoms with Gasteiger partial charge < -0.3 is 10.0 Å². The highest BCUT2D eigenvalue weighted by Gasteiger charge is 2.29. The van der Waals surface area contributed by atoms with Crippen LogP contribution in [0.4, 0.5) is 10.1 Å². The maximum Gasteiger partial charge on any atom is 0.336 e. The number of carboxylic acid groups (broad SMARTS) is 1. The Kier molecular flexibility index (Phi) is 5.22. The Bertz CT molecular complexity index is 535. The maximum absolute atomic E-state index is 14.4. The number of likely N-dealkylation sites (N-methyl/N-ethyl adjacent to an activating group) is 1. The summed E-state index contributed by atoms with van der Waals surface area (Å²) in [7, 11) is 0. The second kappa shape index (κ2) is 6.75. The first-order valence-electron chi connectivity index (χ1n) is 7.19. The molecule has 0 saturated carbocycles. The van der Waals surface area contributed by atoms with Crippen molar-refractivity contribution < 1.29 is 14.3 Å². The van der Waals surface area contributed by atoms with Gasteiger partial charge in [-0.1, -0.05) is 13.8 Å². The SMILES string of the molecule is CCN(CC)C1CCN(c2ccc(C(=O)O)c(Br)c2F)C1. The van der Waals surface area contributed by atoms with Crippen LogP contribution >= 0.6 is 15.9 Å². The number of carbonyl (C=O) groups is 1. The van der Waals surface area contributed by atoms with Gasteiger partial charge in [0.05, 0.1) is 15.7 Å². The Hall–Kier alpha value is -1.14. The number of anilines is 1. The number of aromatic carboxylic acids is 1. The molecule has 1 N–H and O–H groups in total. The van der Waals surface area contributed by atoms with Gasteiger partial charge in [-0.3, -0.25) is 4.90 Å². The first-order chi connectivity index (χ1) is 9.99. The normalized spacial score (nSPS) is 18.5. The molecular formula is C15H20BrFN2O2. The number of hydrogen-bond acceptors (Lipinski definition) is 3. The summed E-state index contributed by atoms with van der Waals surface area (Å²) in [5.41, 5.74) is 0.428. The molecule has 1 heterocycles. The van der Waals surface area contributed by atoms with E-state index in [1.807, 2.05) is 4.90 Å². The van der Waals surface area contributed by atoms with Gasteiger partial charge >= 0.3 is 5.97 Å². The summed E-state index contributed by atoms with van der Waals surface area (Å²) in [6, 6.07) is 3.45. The van der Waals surface area contributed by atoms with Gasteiger partial charge in [0, 0.05) is 19.1 Å². The fourth-order valence-electron chi connectivity index (χ4n) is 2.95. The molecule has 0 aromatic heterocycles. The number of nitrogens with zero attached hydrogens (tertiary/aromatic N) is 2. The van der Waals surface area contributed by atoms with Crippen LogP contribution in [-0.4, -0.2) is 48.2 Å². The first-order valence-corrected chi connectivity index (χ1v) is 7.99. The summed E-state index contributed by atoms with van der Waals surface area (Å²) in [6.45, 7) is 7.79. The number of benzene rings is 1. The van der Waals surface area contributed by atoms with E-state index in [9.17, 15) is 9.18 Å². The lowest BCUT2D eigenvalue weighted by Crippen LogP contribution is -2.37. The minimum absolute atomic E-state index is 0.0267. The largest absolute Gasteiger partial charge is 0.478 e. The zero-order chi connectivity index (χ0) is 15.6. The van der Waals surface area contributed by atoms with Crippen LogP contribution in [0.1, 0.15) is 30.6 Å². The topological polar surface area (TPSA) is 43.8 Å². The van der Waals surface area contributed by atoms with Crippen molar-refractivity contribution in [3.8, 4) is 0 Å². The molecule has 1 saturated heterocycles. The molecule has 0 radical (unpaired) electrons. The number of carboxylic acids is 1. The fourth-order valence-corrected chi connectivity index (χ4v) is 3.45. The second-order valence-corrected chi connectivity index (χ2v) is 5.97. The Morgan fingerprint density at radius 2 is 2.14 bits per heavy atom. The van der Waals surface area contributed by atoms with E-state index in [2.05, 4.69) is 34.7 Å². The fraction of sp³-hybridized carbons (Fsp3) is 0.533. The molecule has 21 heavy (non-hydrogen) atoms. The highest BCUT2D eigenvalue weighted by molar-refractivity contribution is 9.10. The maximum atomic E-state index is 14.4. The molecule has 1 aromatic carbocycles. The quantitative estimate of drug-likeness (QED) is 0.877. The van der Waals surface area contributed by atoms with Crippen LogP contribution in [0.15, 0.2) is 16.6 Å². The third-order valence-electron chi connectivity index (χ3n) is 4.13. The molecule has 1 fully saturated rings. The van der Waals surface area contributed by atoms with Crippen molar-refractivity contribution in [2.24, 2.45) is 0 Å². The Morgan fingerprint density at radius 1 is 1.48 bits per heavy atom. The third kappa shape index (κ3) is 3.21. The van der Waals surface area contributed by atoms with Gasteiger partial charge in [-0.05, 0) is 47.6 Å². The molecule has 0 bridgehead atoms. The molecular weight excluding hydrogens is 339 g/mol. The standard InChI is InChI=1S/C15H20BrFN2O2/c1-3-18(4-2)10-7-8-19(9-10)12-6-5-11(15(20)21)13(16)14(12)17/h5-6,10H,3-4,7-9H2,1-2H3,(H,20,21). The van der Waals surface area contributed by atoms with E-state index in [4.69, 9.17) is 5.11 Å². The van der Waals surface area contributed by atoms with E-state index in [0.29, 0.717) is 11.7 Å². The smallest absolute Gasteiger partial charge is 0.336 e. The van der Waals surface area contributed by atoms with Gasteiger partial charge in [-0.2, -0.15) is 0 Å². The van der Waals surface area contributed by atoms with Gasteiger partial charge in [-0.25, -0.2) is 9.18 Å². The molecule has 1 aliphatic heterocycles.